The summed E-state index contributed by atoms with van der Waals surface area (Å²) in [4.78, 5) is 11.0. The fourth-order valence-corrected chi connectivity index (χ4v) is 3.88. The van der Waals surface area contributed by atoms with E-state index in [9.17, 15) is 0 Å². The van der Waals surface area contributed by atoms with Crippen molar-refractivity contribution in [2.75, 3.05) is 11.5 Å². The molecule has 22 heavy (non-hydrogen) atoms. The minimum atomic E-state index is -0.383. The first-order chi connectivity index (χ1) is 10.7. The van der Waals surface area contributed by atoms with Gasteiger partial charge >= 0.3 is 0 Å². The van der Waals surface area contributed by atoms with Crippen molar-refractivity contribution < 1.29 is 4.74 Å². The van der Waals surface area contributed by atoms with Crippen LogP contribution in [0.25, 0.3) is 0 Å². The zero-order chi connectivity index (χ0) is 15.2. The lowest BCUT2D eigenvalue weighted by molar-refractivity contribution is 0.305. The maximum atomic E-state index is 6.28. The summed E-state index contributed by atoms with van der Waals surface area (Å²) in [6.45, 7) is 0.718. The van der Waals surface area contributed by atoms with Gasteiger partial charge in [0.15, 0.2) is 0 Å². The van der Waals surface area contributed by atoms with Crippen molar-refractivity contribution in [3.05, 3.63) is 23.8 Å². The highest BCUT2D eigenvalue weighted by Crippen LogP contribution is 2.43. The second-order valence-electron chi connectivity index (χ2n) is 6.17. The van der Waals surface area contributed by atoms with Crippen LogP contribution in [-0.2, 0) is 6.42 Å². The summed E-state index contributed by atoms with van der Waals surface area (Å²) in [5.41, 5.74) is 14.1. The summed E-state index contributed by atoms with van der Waals surface area (Å²) in [6.07, 6.45) is 6.30. The smallest absolute Gasteiger partial charge is 0.220 e. The normalized spacial score (nSPS) is 22.8. The number of nitrogens with zero attached hydrogens (tertiary/aromatic N) is 3. The molecule has 2 aliphatic heterocycles. The van der Waals surface area contributed by atoms with E-state index in [0.29, 0.717) is 11.9 Å². The number of fused-ring (bicyclic) bond motifs is 1. The van der Waals surface area contributed by atoms with E-state index in [1.807, 2.05) is 12.1 Å². The number of guanidine groups is 2. The summed E-state index contributed by atoms with van der Waals surface area (Å²) in [5, 5.41) is 0. The minimum Gasteiger partial charge on any atom is -0.493 e. The van der Waals surface area contributed by atoms with Crippen molar-refractivity contribution in [1.29, 1.82) is 0 Å². The van der Waals surface area contributed by atoms with Crippen molar-refractivity contribution in [2.45, 2.75) is 44.2 Å². The van der Waals surface area contributed by atoms with Gasteiger partial charge in [-0.05, 0) is 37.8 Å². The third kappa shape index (κ3) is 1.94. The van der Waals surface area contributed by atoms with Gasteiger partial charge in [0.25, 0.3) is 0 Å². The van der Waals surface area contributed by atoms with Gasteiger partial charge in [0.1, 0.15) is 11.4 Å². The Bertz CT molecular complexity index is 661. The highest BCUT2D eigenvalue weighted by molar-refractivity contribution is 6.06. The first-order valence-corrected chi connectivity index (χ1v) is 7.94. The second-order valence-corrected chi connectivity index (χ2v) is 6.17. The van der Waals surface area contributed by atoms with Gasteiger partial charge in [-0.2, -0.15) is 4.99 Å². The van der Waals surface area contributed by atoms with Gasteiger partial charge in [0.2, 0.25) is 11.9 Å². The quantitative estimate of drug-likeness (QED) is 0.826. The molecule has 0 bridgehead atoms. The lowest BCUT2D eigenvalue weighted by Gasteiger charge is -2.46. The summed E-state index contributed by atoms with van der Waals surface area (Å²) in [7, 11) is 0. The van der Waals surface area contributed by atoms with Crippen LogP contribution in [0.15, 0.2) is 28.2 Å². The molecule has 0 amide bonds. The van der Waals surface area contributed by atoms with Crippen LogP contribution in [0, 0.1) is 0 Å². The van der Waals surface area contributed by atoms with Gasteiger partial charge in [-0.15, -0.1) is 0 Å². The first kappa shape index (κ1) is 13.4. The molecule has 1 aliphatic carbocycles. The van der Waals surface area contributed by atoms with Crippen molar-refractivity contribution >= 4 is 17.6 Å². The summed E-state index contributed by atoms with van der Waals surface area (Å²) < 4.78 is 5.69. The number of hydrogen-bond acceptors (Lipinski definition) is 6. The van der Waals surface area contributed by atoms with Crippen LogP contribution in [0.2, 0.25) is 0 Å². The number of anilines is 1. The van der Waals surface area contributed by atoms with Crippen LogP contribution >= 0.6 is 0 Å². The molecule has 1 aromatic rings. The zero-order valence-electron chi connectivity index (χ0n) is 12.6. The Labute approximate surface area is 129 Å². The summed E-state index contributed by atoms with van der Waals surface area (Å²) in [6, 6.07) is 6.10. The molecule has 1 spiro atoms. The van der Waals surface area contributed by atoms with Gasteiger partial charge in [0, 0.05) is 12.0 Å². The molecule has 0 radical (unpaired) electrons. The van der Waals surface area contributed by atoms with Crippen LogP contribution in [-0.4, -0.2) is 24.2 Å². The average molecular weight is 299 g/mol. The Morgan fingerprint density at radius 1 is 1.14 bits per heavy atom. The number of benzene rings is 1. The van der Waals surface area contributed by atoms with E-state index >= 15 is 0 Å². The largest absolute Gasteiger partial charge is 0.493 e. The van der Waals surface area contributed by atoms with E-state index < -0.39 is 0 Å². The molecule has 1 saturated carbocycles. The van der Waals surface area contributed by atoms with Gasteiger partial charge in [-0.3, -0.25) is 4.90 Å². The Hall–Kier alpha value is -2.24. The SMILES string of the molecule is NC1=NC2(CCCCC2)N(c2cccc3c2CCO3)C(N)=N1. The first-order valence-electron chi connectivity index (χ1n) is 7.94. The van der Waals surface area contributed by atoms with Crippen molar-refractivity contribution in [1.82, 2.24) is 0 Å². The highest BCUT2D eigenvalue weighted by atomic mass is 16.5. The summed E-state index contributed by atoms with van der Waals surface area (Å²) in [5.74, 6) is 1.67. The Kier molecular flexibility index (Phi) is 2.99. The molecule has 4 rings (SSSR count). The number of hydrogen-bond donors (Lipinski definition) is 2. The number of nitrogens with two attached hydrogens (primary N) is 2. The van der Waals surface area contributed by atoms with Gasteiger partial charge in [-0.1, -0.05) is 12.5 Å². The van der Waals surface area contributed by atoms with Crippen LogP contribution in [0.5, 0.6) is 5.75 Å². The molecule has 4 N–H and O–H groups in total. The van der Waals surface area contributed by atoms with Gasteiger partial charge < -0.3 is 16.2 Å². The van der Waals surface area contributed by atoms with Gasteiger partial charge in [0.05, 0.1) is 12.3 Å². The maximum absolute atomic E-state index is 6.28. The third-order valence-electron chi connectivity index (χ3n) is 4.81. The molecule has 6 heteroatoms. The monoisotopic (exact) mass is 299 g/mol. The number of rotatable bonds is 1. The van der Waals surface area contributed by atoms with Gasteiger partial charge in [-0.25, -0.2) is 4.99 Å². The van der Waals surface area contributed by atoms with Crippen LogP contribution in [0.1, 0.15) is 37.7 Å². The molecule has 2 heterocycles. The zero-order valence-corrected chi connectivity index (χ0v) is 12.6. The van der Waals surface area contributed by atoms with E-state index in [-0.39, 0.29) is 5.66 Å². The van der Waals surface area contributed by atoms with Crippen LogP contribution in [0.4, 0.5) is 5.69 Å². The molecule has 6 nitrogen and oxygen atoms in total. The predicted molar refractivity (Wildman–Crippen MR) is 87.2 cm³/mol. The minimum absolute atomic E-state index is 0.291. The molecule has 116 valence electrons. The van der Waals surface area contributed by atoms with Crippen molar-refractivity contribution in [3.8, 4) is 5.75 Å². The third-order valence-corrected chi connectivity index (χ3v) is 4.81. The lowest BCUT2D eigenvalue weighted by atomic mass is 9.87. The molecular weight excluding hydrogens is 278 g/mol. The number of ether oxygens (including phenoxy) is 1. The maximum Gasteiger partial charge on any atom is 0.220 e. The Morgan fingerprint density at radius 3 is 2.77 bits per heavy atom. The second kappa shape index (κ2) is 4.90. The Balaban J connectivity index is 1.85. The molecule has 3 aliphatic rings. The lowest BCUT2D eigenvalue weighted by Crippen LogP contribution is -2.58. The molecule has 1 aromatic carbocycles. The Morgan fingerprint density at radius 2 is 1.95 bits per heavy atom. The van der Waals surface area contributed by atoms with Crippen LogP contribution in [0.3, 0.4) is 0 Å². The molecule has 1 fully saturated rings. The predicted octanol–water partition coefficient (Wildman–Crippen LogP) is 1.73. The van der Waals surface area contributed by atoms with E-state index in [1.165, 1.54) is 12.0 Å². The van der Waals surface area contributed by atoms with Crippen molar-refractivity contribution in [2.24, 2.45) is 21.5 Å². The molecule has 0 unspecified atom stereocenters. The van der Waals surface area contributed by atoms with E-state index in [0.717, 1.165) is 50.1 Å². The standard InChI is InChI=1S/C16H21N5O/c17-14-19-15(18)21(16(20-14)8-2-1-3-9-16)12-5-4-6-13-11(12)7-10-22-13/h4-6H,1-3,7-10H2,(H4,17,18,19,20). The van der Waals surface area contributed by atoms with E-state index in [4.69, 9.17) is 21.2 Å². The highest BCUT2D eigenvalue weighted by Gasteiger charge is 2.43. The van der Waals surface area contributed by atoms with E-state index in [1.54, 1.807) is 0 Å². The van der Waals surface area contributed by atoms with E-state index in [2.05, 4.69) is 16.0 Å². The molecular formula is C16H21N5O. The molecule has 0 aromatic heterocycles. The fourth-order valence-electron chi connectivity index (χ4n) is 3.88. The fraction of sp³-hybridized carbons (Fsp3) is 0.500. The topological polar surface area (TPSA) is 89.2 Å². The number of aliphatic imine (C=N–C) groups is 2. The average Bonchev–Trinajstić information content (AvgIpc) is 2.96. The molecule has 0 atom stereocenters. The van der Waals surface area contributed by atoms with Crippen molar-refractivity contribution in [3.63, 3.8) is 0 Å². The van der Waals surface area contributed by atoms with Crippen LogP contribution < -0.4 is 21.1 Å². The molecule has 0 saturated heterocycles. The summed E-state index contributed by atoms with van der Waals surface area (Å²) >= 11 is 0.